The fourth-order valence-electron chi connectivity index (χ4n) is 2.32. The number of hydrogen-bond acceptors (Lipinski definition) is 3. The molecule has 0 fully saturated rings. The summed E-state index contributed by atoms with van der Waals surface area (Å²) in [5.74, 6) is 3.76. The van der Waals surface area contributed by atoms with Crippen LogP contribution in [0.15, 0.2) is 33.6 Å². The Bertz CT molecular complexity index is 499. The molecule has 0 N–H and O–H groups in total. The lowest BCUT2D eigenvalue weighted by molar-refractivity contribution is 0.377. The minimum absolute atomic E-state index is 0.502. The predicted molar refractivity (Wildman–Crippen MR) is 79.5 cm³/mol. The Morgan fingerprint density at radius 3 is 2.50 bits per heavy atom. The number of furan rings is 1. The van der Waals surface area contributed by atoms with E-state index in [1.54, 1.807) is 12.5 Å². The average Bonchev–Trinajstić information content (AvgIpc) is 3.01. The van der Waals surface area contributed by atoms with Crippen molar-refractivity contribution in [2.75, 3.05) is 0 Å². The van der Waals surface area contributed by atoms with Gasteiger partial charge in [0.15, 0.2) is 5.89 Å². The van der Waals surface area contributed by atoms with Crippen molar-refractivity contribution in [2.24, 2.45) is 17.8 Å². The fraction of sp³-hybridized carbons (Fsp3) is 0.588. The molecule has 0 aliphatic heterocycles. The van der Waals surface area contributed by atoms with E-state index in [-0.39, 0.29) is 0 Å². The van der Waals surface area contributed by atoms with Gasteiger partial charge in [-0.15, -0.1) is 0 Å². The van der Waals surface area contributed by atoms with Crippen LogP contribution in [0.4, 0.5) is 0 Å². The monoisotopic (exact) mass is 275 g/mol. The molecule has 20 heavy (non-hydrogen) atoms. The maximum Gasteiger partial charge on any atom is 0.194 e. The summed E-state index contributed by atoms with van der Waals surface area (Å²) in [4.78, 5) is 4.17. The highest BCUT2D eigenvalue weighted by Crippen LogP contribution is 2.20. The maximum atomic E-state index is 5.68. The third-order valence-electron chi connectivity index (χ3n) is 3.96. The molecular weight excluding hydrogens is 250 g/mol. The van der Waals surface area contributed by atoms with Gasteiger partial charge in [0.05, 0.1) is 12.5 Å². The second kappa shape index (κ2) is 6.78. The molecule has 0 aliphatic carbocycles. The fourth-order valence-corrected chi connectivity index (χ4v) is 2.32. The van der Waals surface area contributed by atoms with Crippen molar-refractivity contribution in [3.8, 4) is 0 Å². The third-order valence-corrected chi connectivity index (χ3v) is 3.96. The summed E-state index contributed by atoms with van der Waals surface area (Å²) in [6, 6.07) is 2.20. The molecule has 2 aromatic rings. The Kier molecular flexibility index (Phi) is 5.05. The van der Waals surface area contributed by atoms with Gasteiger partial charge in [0.2, 0.25) is 0 Å². The molecule has 0 aliphatic rings. The van der Waals surface area contributed by atoms with E-state index in [1.807, 2.05) is 6.26 Å². The molecule has 0 saturated heterocycles. The number of rotatable bonds is 7. The van der Waals surface area contributed by atoms with Crippen LogP contribution >= 0.6 is 0 Å². The summed E-state index contributed by atoms with van der Waals surface area (Å²) in [5.41, 5.74) is 1.27. The highest BCUT2D eigenvalue weighted by molar-refractivity contribution is 5.14. The average molecular weight is 275 g/mol. The SMILES string of the molecule is CC(C)C(C)Cc1cc(C[C@H](C)Cc2ncco2)co1. The zero-order chi connectivity index (χ0) is 14.5. The molecule has 2 heterocycles. The van der Waals surface area contributed by atoms with Gasteiger partial charge in [0.25, 0.3) is 0 Å². The Balaban J connectivity index is 1.86. The van der Waals surface area contributed by atoms with E-state index in [4.69, 9.17) is 8.83 Å². The van der Waals surface area contributed by atoms with E-state index in [0.29, 0.717) is 17.8 Å². The molecule has 2 rings (SSSR count). The van der Waals surface area contributed by atoms with Gasteiger partial charge in [0.1, 0.15) is 12.0 Å². The molecule has 0 amide bonds. The molecule has 0 spiro atoms. The van der Waals surface area contributed by atoms with Gasteiger partial charge in [-0.1, -0.05) is 27.7 Å². The summed E-state index contributed by atoms with van der Waals surface area (Å²) < 4.78 is 11.0. The van der Waals surface area contributed by atoms with Crippen molar-refractivity contribution in [1.82, 2.24) is 4.98 Å². The highest BCUT2D eigenvalue weighted by atomic mass is 16.3. The second-order valence-corrected chi connectivity index (χ2v) is 6.29. The van der Waals surface area contributed by atoms with Gasteiger partial charge in [-0.2, -0.15) is 0 Å². The first-order valence-electron chi connectivity index (χ1n) is 7.49. The molecule has 2 aromatic heterocycles. The Morgan fingerprint density at radius 2 is 1.85 bits per heavy atom. The van der Waals surface area contributed by atoms with Gasteiger partial charge < -0.3 is 8.83 Å². The van der Waals surface area contributed by atoms with E-state index in [1.165, 1.54) is 5.56 Å². The predicted octanol–water partition coefficient (Wildman–Crippen LogP) is 4.52. The van der Waals surface area contributed by atoms with Crippen molar-refractivity contribution < 1.29 is 8.83 Å². The van der Waals surface area contributed by atoms with Crippen LogP contribution in [-0.4, -0.2) is 4.98 Å². The number of oxazole rings is 1. The zero-order valence-corrected chi connectivity index (χ0v) is 12.9. The van der Waals surface area contributed by atoms with Crippen LogP contribution in [0, 0.1) is 17.8 Å². The van der Waals surface area contributed by atoms with E-state index >= 15 is 0 Å². The molecule has 3 heteroatoms. The summed E-state index contributed by atoms with van der Waals surface area (Å²) in [6.07, 6.45) is 8.12. The van der Waals surface area contributed by atoms with Crippen LogP contribution in [0.5, 0.6) is 0 Å². The standard InChI is InChI=1S/C17H25NO2/c1-12(2)14(4)9-16-10-15(11-20-16)7-13(3)8-17-18-5-6-19-17/h5-6,10-14H,7-9H2,1-4H3/t13-,14?/m0/s1. The van der Waals surface area contributed by atoms with Crippen LogP contribution in [0.2, 0.25) is 0 Å². The molecule has 0 bridgehead atoms. The lowest BCUT2D eigenvalue weighted by Gasteiger charge is -2.13. The molecule has 0 saturated carbocycles. The summed E-state index contributed by atoms with van der Waals surface area (Å²) in [6.45, 7) is 9.01. The van der Waals surface area contributed by atoms with Crippen molar-refractivity contribution in [3.05, 3.63) is 42.0 Å². The number of nitrogens with zero attached hydrogens (tertiary/aromatic N) is 1. The van der Waals surface area contributed by atoms with Gasteiger partial charge in [-0.05, 0) is 35.8 Å². The summed E-state index contributed by atoms with van der Waals surface area (Å²) in [7, 11) is 0. The van der Waals surface area contributed by atoms with Crippen LogP contribution in [0.3, 0.4) is 0 Å². The van der Waals surface area contributed by atoms with E-state index in [0.717, 1.165) is 30.9 Å². The van der Waals surface area contributed by atoms with Crippen molar-refractivity contribution in [2.45, 2.75) is 47.0 Å². The number of aromatic nitrogens is 1. The molecule has 1 unspecified atom stereocenters. The van der Waals surface area contributed by atoms with Crippen LogP contribution in [-0.2, 0) is 19.3 Å². The first-order chi connectivity index (χ1) is 9.54. The van der Waals surface area contributed by atoms with E-state index < -0.39 is 0 Å². The minimum atomic E-state index is 0.502. The quantitative estimate of drug-likeness (QED) is 0.745. The van der Waals surface area contributed by atoms with Crippen molar-refractivity contribution in [3.63, 3.8) is 0 Å². The smallest absolute Gasteiger partial charge is 0.194 e. The van der Waals surface area contributed by atoms with Crippen molar-refractivity contribution in [1.29, 1.82) is 0 Å². The molecule has 0 radical (unpaired) electrons. The summed E-state index contributed by atoms with van der Waals surface area (Å²) in [5, 5.41) is 0. The Labute approximate surface area is 121 Å². The number of hydrogen-bond donors (Lipinski definition) is 0. The third kappa shape index (κ3) is 4.26. The van der Waals surface area contributed by atoms with E-state index in [2.05, 4.69) is 38.7 Å². The van der Waals surface area contributed by atoms with E-state index in [9.17, 15) is 0 Å². The van der Waals surface area contributed by atoms with Crippen LogP contribution in [0.1, 0.15) is 44.9 Å². The van der Waals surface area contributed by atoms with Gasteiger partial charge in [0, 0.05) is 12.8 Å². The van der Waals surface area contributed by atoms with Gasteiger partial charge >= 0.3 is 0 Å². The minimum Gasteiger partial charge on any atom is -0.469 e. The normalized spacial score (nSPS) is 14.7. The molecule has 110 valence electrons. The van der Waals surface area contributed by atoms with Crippen molar-refractivity contribution >= 4 is 0 Å². The summed E-state index contributed by atoms with van der Waals surface area (Å²) >= 11 is 0. The van der Waals surface area contributed by atoms with Gasteiger partial charge in [-0.25, -0.2) is 4.98 Å². The Morgan fingerprint density at radius 1 is 1.05 bits per heavy atom. The van der Waals surface area contributed by atoms with Gasteiger partial charge in [-0.3, -0.25) is 0 Å². The molecule has 3 nitrogen and oxygen atoms in total. The molecule has 0 aromatic carbocycles. The lowest BCUT2D eigenvalue weighted by Crippen LogP contribution is -2.06. The second-order valence-electron chi connectivity index (χ2n) is 6.29. The molecule has 2 atom stereocenters. The lowest BCUT2D eigenvalue weighted by atomic mass is 9.93. The van der Waals surface area contributed by atoms with Crippen LogP contribution in [0.25, 0.3) is 0 Å². The zero-order valence-electron chi connectivity index (χ0n) is 12.9. The molecular formula is C17H25NO2. The topological polar surface area (TPSA) is 39.2 Å². The first-order valence-corrected chi connectivity index (χ1v) is 7.49. The largest absolute Gasteiger partial charge is 0.469 e. The van der Waals surface area contributed by atoms with Crippen LogP contribution < -0.4 is 0 Å². The highest BCUT2D eigenvalue weighted by Gasteiger charge is 2.13. The Hall–Kier alpha value is -1.51. The maximum absolute atomic E-state index is 5.68. The first kappa shape index (κ1) is 14.9.